The first kappa shape index (κ1) is 32.5. The second kappa shape index (κ2) is 15.5. The number of pyridine rings is 1. The van der Waals surface area contributed by atoms with Crippen molar-refractivity contribution in [2.24, 2.45) is 5.73 Å². The number of aromatic amines is 2. The Morgan fingerprint density at radius 2 is 1.80 bits per heavy atom. The Morgan fingerprint density at radius 3 is 2.40 bits per heavy atom. The van der Waals surface area contributed by atoms with Crippen LogP contribution < -0.4 is 56.3 Å². The fraction of sp³-hybridized carbons (Fsp3) is 0.238. The number of hydrogen-bond donors (Lipinski definition) is 4. The lowest BCUT2D eigenvalue weighted by Gasteiger charge is -2.13. The number of amides is 1. The first-order valence-electron chi connectivity index (χ1n) is 9.76. The molecule has 192 valence electrons. The van der Waals surface area contributed by atoms with Crippen LogP contribution in [-0.4, -0.2) is 17.3 Å². The second-order valence-corrected chi connectivity index (χ2v) is 7.34. The normalized spacial score (nSPS) is 10.9. The maximum atomic E-state index is 13.7. The Balaban J connectivity index is 0.00000385. The summed E-state index contributed by atoms with van der Waals surface area (Å²) in [7, 11) is 0. The number of nitrogens with zero attached hydrogens (tertiary/aromatic N) is 1. The van der Waals surface area contributed by atoms with Crippen LogP contribution in [0.15, 0.2) is 59.7 Å². The molecular formula is C21H24Cl4F2N6O2. The van der Waals surface area contributed by atoms with Crippen molar-refractivity contribution in [2.75, 3.05) is 5.32 Å². The average Bonchev–Trinajstić information content (AvgIpc) is 2.77. The zero-order valence-electron chi connectivity index (χ0n) is 18.1. The molecule has 0 saturated heterocycles. The summed E-state index contributed by atoms with van der Waals surface area (Å²) < 4.78 is 28.7. The van der Waals surface area contributed by atoms with E-state index in [4.69, 9.17) is 17.3 Å². The summed E-state index contributed by atoms with van der Waals surface area (Å²) in [6, 6.07) is 10.6. The van der Waals surface area contributed by atoms with Crippen molar-refractivity contribution in [1.29, 1.82) is 0 Å². The van der Waals surface area contributed by atoms with Crippen LogP contribution in [0.3, 0.4) is 0 Å². The molecule has 0 aliphatic carbocycles. The number of alkyl halides is 2. The Morgan fingerprint density at radius 1 is 1.14 bits per heavy atom. The van der Waals surface area contributed by atoms with Crippen molar-refractivity contribution in [3.8, 4) is 0 Å². The van der Waals surface area contributed by atoms with E-state index in [1.54, 1.807) is 12.1 Å². The van der Waals surface area contributed by atoms with Crippen molar-refractivity contribution in [1.82, 2.24) is 10.3 Å². The molecule has 1 amide bonds. The fourth-order valence-corrected chi connectivity index (χ4v) is 3.37. The molecule has 2 heterocycles. The van der Waals surface area contributed by atoms with Crippen molar-refractivity contribution in [3.05, 3.63) is 87.2 Å². The molecule has 8 nitrogen and oxygen atoms in total. The first-order valence-corrected chi connectivity index (χ1v) is 10.1. The standard InChI is InChI=1S/C21H21ClF2N6O2.3ClH/c22-16-11-30(12-17(31)27-10-14-6-2-1-5-13(14)9-25)20(21(32)28-16)29-18(19(23)24)15-7-3-4-8-26-15;;;/h1-8,11,18-19H,9-10,12,25H2,(H2,27,28,31,32);3*1H. The monoisotopic (exact) mass is 570 g/mol. The number of rotatable bonds is 9. The van der Waals surface area contributed by atoms with Crippen LogP contribution in [0.5, 0.6) is 0 Å². The second-order valence-electron chi connectivity index (χ2n) is 6.93. The molecule has 0 saturated carbocycles. The van der Waals surface area contributed by atoms with E-state index in [1.807, 2.05) is 24.3 Å². The zero-order chi connectivity index (χ0) is 23.1. The van der Waals surface area contributed by atoms with E-state index in [-0.39, 0.29) is 67.0 Å². The minimum absolute atomic E-state index is 0. The molecule has 1 atom stereocenters. The highest BCUT2D eigenvalue weighted by atomic mass is 35.5. The number of benzene rings is 1. The van der Waals surface area contributed by atoms with Crippen LogP contribution in [0.4, 0.5) is 14.6 Å². The van der Waals surface area contributed by atoms with Crippen LogP contribution in [0.25, 0.3) is 0 Å². The fourth-order valence-electron chi connectivity index (χ4n) is 3.16. The summed E-state index contributed by atoms with van der Waals surface area (Å²) in [4.78, 5) is 30.1. The molecule has 6 N–H and O–H groups in total. The van der Waals surface area contributed by atoms with E-state index in [1.165, 1.54) is 23.0 Å². The Labute approximate surface area is 223 Å². The van der Waals surface area contributed by atoms with Crippen molar-refractivity contribution in [3.63, 3.8) is 0 Å². The van der Waals surface area contributed by atoms with Gasteiger partial charge in [0, 0.05) is 25.2 Å². The average molecular weight is 572 g/mol. The van der Waals surface area contributed by atoms with Crippen LogP contribution in [-0.2, 0) is 24.4 Å². The summed E-state index contributed by atoms with van der Waals surface area (Å²) >= 11 is 5.93. The molecule has 0 aliphatic heterocycles. The van der Waals surface area contributed by atoms with Gasteiger partial charge in [0.2, 0.25) is 11.7 Å². The third-order valence-corrected chi connectivity index (χ3v) is 4.94. The van der Waals surface area contributed by atoms with E-state index in [0.717, 1.165) is 11.1 Å². The molecule has 3 rings (SSSR count). The van der Waals surface area contributed by atoms with Crippen LogP contribution in [0.2, 0.25) is 5.15 Å². The third-order valence-electron chi connectivity index (χ3n) is 4.75. The predicted octanol–water partition coefficient (Wildman–Crippen LogP) is -4.25. The van der Waals surface area contributed by atoms with Crippen molar-refractivity contribution >= 4 is 35.7 Å². The number of H-pyrrole nitrogens is 2. The molecule has 0 fully saturated rings. The van der Waals surface area contributed by atoms with E-state index in [2.05, 4.69) is 20.6 Å². The van der Waals surface area contributed by atoms with Crippen molar-refractivity contribution in [2.45, 2.75) is 32.1 Å². The van der Waals surface area contributed by atoms with Gasteiger partial charge in [-0.05, 0) is 17.2 Å². The van der Waals surface area contributed by atoms with Gasteiger partial charge in [-0.15, -0.1) is 12.4 Å². The van der Waals surface area contributed by atoms with E-state index in [0.29, 0.717) is 6.54 Å². The van der Waals surface area contributed by atoms with Gasteiger partial charge in [0.25, 0.3) is 12.3 Å². The lowest BCUT2D eigenvalue weighted by molar-refractivity contribution is -0.671. The quantitative estimate of drug-likeness (QED) is 0.195. The smallest absolute Gasteiger partial charge is 0.342 e. The largest absolute Gasteiger partial charge is 1.00 e. The topological polar surface area (TPSA) is 118 Å². The minimum atomic E-state index is -2.83. The number of anilines is 1. The molecule has 0 aliphatic rings. The maximum Gasteiger partial charge on any atom is 0.342 e. The van der Waals surface area contributed by atoms with Gasteiger partial charge in [-0.2, -0.15) is 0 Å². The van der Waals surface area contributed by atoms with Gasteiger partial charge in [0.05, 0.1) is 0 Å². The molecule has 14 heteroatoms. The highest BCUT2D eigenvalue weighted by Gasteiger charge is 2.34. The van der Waals surface area contributed by atoms with Gasteiger partial charge in [0.1, 0.15) is 11.3 Å². The number of carbonyl (C=O) groups is 1. The SMILES string of the molecule is Cl.NCc1ccccc1CNC(=O)C[n+]1cc(Cl)[nH]c(=O)c1NC(c1cccc[nH+]1)C(F)F.[Cl-].[Cl-]. The maximum absolute atomic E-state index is 13.7. The van der Waals surface area contributed by atoms with E-state index >= 15 is 0 Å². The lowest BCUT2D eigenvalue weighted by Crippen LogP contribution is -3.00. The van der Waals surface area contributed by atoms with Gasteiger partial charge in [0.15, 0.2) is 12.7 Å². The highest BCUT2D eigenvalue weighted by Crippen LogP contribution is 2.20. The number of carbonyl (C=O) groups excluding carboxylic acids is 1. The van der Waals surface area contributed by atoms with Gasteiger partial charge in [-0.3, -0.25) is 14.9 Å². The Bertz CT molecular complexity index is 1140. The zero-order valence-corrected chi connectivity index (χ0v) is 21.2. The van der Waals surface area contributed by atoms with Gasteiger partial charge in [-0.1, -0.05) is 35.9 Å². The van der Waals surface area contributed by atoms with E-state index in [9.17, 15) is 18.4 Å². The molecule has 1 unspecified atom stereocenters. The number of aromatic nitrogens is 3. The summed E-state index contributed by atoms with van der Waals surface area (Å²) in [5.41, 5.74) is 6.89. The van der Waals surface area contributed by atoms with Crippen LogP contribution >= 0.6 is 24.0 Å². The molecule has 35 heavy (non-hydrogen) atoms. The van der Waals surface area contributed by atoms with E-state index < -0.39 is 23.9 Å². The van der Waals surface area contributed by atoms with Crippen molar-refractivity contribution < 1.29 is 47.9 Å². The lowest BCUT2D eigenvalue weighted by atomic mass is 10.1. The number of nitrogens with two attached hydrogens (primary N) is 1. The Hall–Kier alpha value is -2.50. The molecule has 0 spiro atoms. The minimum Gasteiger partial charge on any atom is -1.00 e. The molecule has 0 bridgehead atoms. The summed E-state index contributed by atoms with van der Waals surface area (Å²) in [6.07, 6.45) is -0.0477. The number of halogens is 6. The van der Waals surface area contributed by atoms with Gasteiger partial charge < -0.3 is 40.8 Å². The molecular weight excluding hydrogens is 548 g/mol. The summed E-state index contributed by atoms with van der Waals surface area (Å²) in [5, 5.41) is 5.24. The third kappa shape index (κ3) is 8.90. The summed E-state index contributed by atoms with van der Waals surface area (Å²) in [5.74, 6) is -0.666. The van der Waals surface area contributed by atoms with Crippen LogP contribution in [0, 0.1) is 0 Å². The molecule has 3 aromatic rings. The van der Waals surface area contributed by atoms with Gasteiger partial charge in [-0.25, -0.2) is 18.3 Å². The molecule has 0 radical (unpaired) electrons. The molecule has 2 aromatic heterocycles. The summed E-state index contributed by atoms with van der Waals surface area (Å²) in [6.45, 7) is 0.236. The van der Waals surface area contributed by atoms with Gasteiger partial charge >= 0.3 is 11.4 Å². The first-order chi connectivity index (χ1) is 15.4. The van der Waals surface area contributed by atoms with Crippen LogP contribution in [0.1, 0.15) is 22.9 Å². The number of hydrogen-bond acceptors (Lipinski definition) is 4. The predicted molar refractivity (Wildman–Crippen MR) is 121 cm³/mol. The number of nitrogens with one attached hydrogen (secondary N) is 4. The Kier molecular flexibility index (Phi) is 14.4. The highest BCUT2D eigenvalue weighted by molar-refractivity contribution is 6.29. The molecule has 1 aromatic carbocycles.